The number of benzene rings is 1. The Morgan fingerprint density at radius 2 is 1.64 bits per heavy atom. The van der Waals surface area contributed by atoms with Gasteiger partial charge in [-0.05, 0) is 5.56 Å². The Morgan fingerprint density at radius 1 is 1.09 bits per heavy atom. The van der Waals surface area contributed by atoms with E-state index in [9.17, 15) is 13.2 Å². The molecule has 1 aliphatic heterocycles. The van der Waals surface area contributed by atoms with Crippen molar-refractivity contribution in [2.24, 2.45) is 0 Å². The molecule has 22 heavy (non-hydrogen) atoms. The average Bonchev–Trinajstić information content (AvgIpc) is 2.48. The lowest BCUT2D eigenvalue weighted by Gasteiger charge is -2.38. The summed E-state index contributed by atoms with van der Waals surface area (Å²) in [5.74, 6) is 0.0130. The minimum atomic E-state index is -3.16. The van der Waals surface area contributed by atoms with E-state index in [0.29, 0.717) is 26.2 Å². The Kier molecular flexibility index (Phi) is 5.20. The summed E-state index contributed by atoms with van der Waals surface area (Å²) in [5.41, 5.74) is 0.939. The smallest absolute Gasteiger partial charge is 0.244 e. The van der Waals surface area contributed by atoms with Gasteiger partial charge < -0.3 is 4.90 Å². The minimum Gasteiger partial charge on any atom is -0.347 e. The van der Waals surface area contributed by atoms with E-state index in [0.717, 1.165) is 5.56 Å². The van der Waals surface area contributed by atoms with Crippen molar-refractivity contribution < 1.29 is 13.2 Å². The number of hydrogen-bond donors (Lipinski definition) is 0. The fourth-order valence-corrected chi connectivity index (χ4v) is 3.51. The molecule has 1 aromatic carbocycles. The van der Waals surface area contributed by atoms with Crippen LogP contribution >= 0.6 is 0 Å². The van der Waals surface area contributed by atoms with Crippen LogP contribution in [0.5, 0.6) is 0 Å². The van der Waals surface area contributed by atoms with Crippen LogP contribution in [0.25, 0.3) is 0 Å². The molecule has 1 aliphatic rings. The van der Waals surface area contributed by atoms with Crippen molar-refractivity contribution in [1.82, 2.24) is 14.1 Å². The Balaban J connectivity index is 2.20. The molecule has 1 saturated heterocycles. The minimum absolute atomic E-state index is 0.0130. The largest absolute Gasteiger partial charge is 0.347 e. The third-order valence-electron chi connectivity index (χ3n) is 3.90. The summed E-state index contributed by atoms with van der Waals surface area (Å²) in [7, 11) is 0.317. The number of piperazine rings is 1. The zero-order chi connectivity index (χ0) is 16.3. The first-order valence-corrected chi connectivity index (χ1v) is 9.11. The Morgan fingerprint density at radius 3 is 2.09 bits per heavy atom. The average molecular weight is 325 g/mol. The molecule has 1 amide bonds. The summed E-state index contributed by atoms with van der Waals surface area (Å²) in [6.45, 7) is 1.93. The van der Waals surface area contributed by atoms with E-state index in [1.54, 1.807) is 19.0 Å². The van der Waals surface area contributed by atoms with Gasteiger partial charge in [0.2, 0.25) is 15.9 Å². The Hall–Kier alpha value is -1.44. The third kappa shape index (κ3) is 3.85. The number of sulfonamides is 1. The molecule has 1 fully saturated rings. The second-order valence-corrected chi connectivity index (χ2v) is 7.73. The molecule has 7 heteroatoms. The number of amides is 1. The van der Waals surface area contributed by atoms with Crippen molar-refractivity contribution in [3.05, 3.63) is 35.9 Å². The summed E-state index contributed by atoms with van der Waals surface area (Å²) in [4.78, 5) is 16.2. The van der Waals surface area contributed by atoms with Crippen LogP contribution in [0.15, 0.2) is 30.3 Å². The molecule has 0 aromatic heterocycles. The molecule has 1 unspecified atom stereocenters. The first kappa shape index (κ1) is 16.9. The van der Waals surface area contributed by atoms with Crippen LogP contribution in [0.1, 0.15) is 11.6 Å². The van der Waals surface area contributed by atoms with Gasteiger partial charge in [0.05, 0.1) is 6.26 Å². The van der Waals surface area contributed by atoms with E-state index in [4.69, 9.17) is 0 Å². The predicted octanol–water partition coefficient (Wildman–Crippen LogP) is 0.393. The molecular formula is C15H23N3O3S. The molecule has 6 nitrogen and oxygen atoms in total. The summed E-state index contributed by atoms with van der Waals surface area (Å²) in [6, 6.07) is 9.26. The summed E-state index contributed by atoms with van der Waals surface area (Å²) < 4.78 is 24.7. The van der Waals surface area contributed by atoms with Gasteiger partial charge in [0.25, 0.3) is 0 Å². The van der Waals surface area contributed by atoms with Crippen LogP contribution in [-0.2, 0) is 14.8 Å². The SMILES string of the molecule is CN(C)C(=O)C(c1ccccc1)N1CCN(S(C)(=O)=O)CC1. The standard InChI is InChI=1S/C15H23N3O3S/c1-16(2)15(19)14(13-7-5-4-6-8-13)17-9-11-18(12-10-17)22(3,20)21/h4-8,14H,9-12H2,1-3H3. The zero-order valence-electron chi connectivity index (χ0n) is 13.3. The van der Waals surface area contributed by atoms with Crippen LogP contribution < -0.4 is 0 Å². The molecule has 0 aliphatic carbocycles. The van der Waals surface area contributed by atoms with Crippen LogP contribution in [0.3, 0.4) is 0 Å². The molecule has 122 valence electrons. The van der Waals surface area contributed by atoms with Gasteiger partial charge in [0.15, 0.2) is 0 Å². The van der Waals surface area contributed by atoms with E-state index < -0.39 is 10.0 Å². The molecule has 0 N–H and O–H groups in total. The van der Waals surface area contributed by atoms with E-state index in [1.165, 1.54) is 10.6 Å². The van der Waals surface area contributed by atoms with Crippen LogP contribution in [0, 0.1) is 0 Å². The lowest BCUT2D eigenvalue weighted by atomic mass is 10.0. The van der Waals surface area contributed by atoms with E-state index in [-0.39, 0.29) is 11.9 Å². The number of nitrogens with zero attached hydrogens (tertiary/aromatic N) is 3. The molecule has 0 spiro atoms. The predicted molar refractivity (Wildman–Crippen MR) is 85.9 cm³/mol. The molecule has 1 heterocycles. The third-order valence-corrected chi connectivity index (χ3v) is 5.20. The van der Waals surface area contributed by atoms with Crippen molar-refractivity contribution in [3.63, 3.8) is 0 Å². The van der Waals surface area contributed by atoms with Crippen molar-refractivity contribution in [1.29, 1.82) is 0 Å². The van der Waals surface area contributed by atoms with Gasteiger partial charge in [-0.3, -0.25) is 9.69 Å². The highest BCUT2D eigenvalue weighted by Gasteiger charge is 2.33. The molecule has 1 atom stereocenters. The van der Waals surface area contributed by atoms with E-state index in [2.05, 4.69) is 4.90 Å². The van der Waals surface area contributed by atoms with Gasteiger partial charge in [-0.25, -0.2) is 8.42 Å². The van der Waals surface area contributed by atoms with Crippen LogP contribution in [0.2, 0.25) is 0 Å². The topological polar surface area (TPSA) is 60.9 Å². The number of hydrogen-bond acceptors (Lipinski definition) is 4. The highest BCUT2D eigenvalue weighted by atomic mass is 32.2. The molecule has 0 saturated carbocycles. The van der Waals surface area contributed by atoms with Gasteiger partial charge in [0, 0.05) is 40.3 Å². The van der Waals surface area contributed by atoms with Crippen molar-refractivity contribution in [2.75, 3.05) is 46.5 Å². The van der Waals surface area contributed by atoms with E-state index >= 15 is 0 Å². The molecule has 1 aromatic rings. The highest BCUT2D eigenvalue weighted by Crippen LogP contribution is 2.24. The second-order valence-electron chi connectivity index (χ2n) is 5.74. The van der Waals surface area contributed by atoms with Gasteiger partial charge in [0.1, 0.15) is 6.04 Å². The van der Waals surface area contributed by atoms with Gasteiger partial charge in [-0.1, -0.05) is 30.3 Å². The molecule has 0 radical (unpaired) electrons. The van der Waals surface area contributed by atoms with Gasteiger partial charge in [-0.15, -0.1) is 0 Å². The van der Waals surface area contributed by atoms with Crippen molar-refractivity contribution in [3.8, 4) is 0 Å². The highest BCUT2D eigenvalue weighted by molar-refractivity contribution is 7.88. The van der Waals surface area contributed by atoms with E-state index in [1.807, 2.05) is 30.3 Å². The fourth-order valence-electron chi connectivity index (χ4n) is 2.68. The maximum atomic E-state index is 12.6. The summed E-state index contributed by atoms with van der Waals surface area (Å²) in [6.07, 6.45) is 1.22. The number of carbonyl (C=O) groups excluding carboxylic acids is 1. The maximum absolute atomic E-state index is 12.6. The van der Waals surface area contributed by atoms with Crippen molar-refractivity contribution in [2.45, 2.75) is 6.04 Å². The summed E-state index contributed by atoms with van der Waals surface area (Å²) in [5, 5.41) is 0. The normalized spacial score (nSPS) is 18.9. The first-order chi connectivity index (χ1) is 10.3. The summed E-state index contributed by atoms with van der Waals surface area (Å²) >= 11 is 0. The zero-order valence-corrected chi connectivity index (χ0v) is 14.1. The lowest BCUT2D eigenvalue weighted by molar-refractivity contribution is -0.135. The molecule has 2 rings (SSSR count). The van der Waals surface area contributed by atoms with Crippen molar-refractivity contribution >= 4 is 15.9 Å². The van der Waals surface area contributed by atoms with Gasteiger partial charge >= 0.3 is 0 Å². The Labute approximate surface area is 132 Å². The molecule has 0 bridgehead atoms. The lowest BCUT2D eigenvalue weighted by Crippen LogP contribution is -2.52. The number of likely N-dealkylation sites (N-methyl/N-ethyl adjacent to an activating group) is 1. The van der Waals surface area contributed by atoms with Crippen LogP contribution in [0.4, 0.5) is 0 Å². The number of rotatable bonds is 4. The monoisotopic (exact) mass is 325 g/mol. The number of carbonyl (C=O) groups is 1. The van der Waals surface area contributed by atoms with Crippen LogP contribution in [-0.4, -0.2) is 75.0 Å². The quantitative estimate of drug-likeness (QED) is 0.804. The van der Waals surface area contributed by atoms with Gasteiger partial charge in [-0.2, -0.15) is 4.31 Å². The molecular weight excluding hydrogens is 302 g/mol. The second kappa shape index (κ2) is 6.76. The Bertz CT molecular complexity index is 608. The first-order valence-electron chi connectivity index (χ1n) is 7.26. The fraction of sp³-hybridized carbons (Fsp3) is 0.533. The maximum Gasteiger partial charge on any atom is 0.244 e.